The predicted octanol–water partition coefficient (Wildman–Crippen LogP) is 4.60. The predicted molar refractivity (Wildman–Crippen MR) is 97.6 cm³/mol. The van der Waals surface area contributed by atoms with Crippen molar-refractivity contribution < 1.29 is 14.2 Å². The number of methoxy groups -OCH3 is 1. The van der Waals surface area contributed by atoms with E-state index in [1.54, 1.807) is 7.11 Å². The van der Waals surface area contributed by atoms with Gasteiger partial charge in [-0.2, -0.15) is 0 Å². The minimum absolute atomic E-state index is 0.364. The molecule has 1 atom stereocenters. The zero-order valence-electron chi connectivity index (χ0n) is 16.3. The molecule has 0 amide bonds. The van der Waals surface area contributed by atoms with Gasteiger partial charge < -0.3 is 19.5 Å². The van der Waals surface area contributed by atoms with Crippen LogP contribution in [0.3, 0.4) is 0 Å². The maximum absolute atomic E-state index is 6.22. The van der Waals surface area contributed by atoms with Crippen LogP contribution < -0.4 is 5.32 Å². The summed E-state index contributed by atoms with van der Waals surface area (Å²) in [5, 5.41) is 3.59. The van der Waals surface area contributed by atoms with Gasteiger partial charge in [-0.3, -0.25) is 0 Å². The molecule has 1 spiro atoms. The SMILES string of the molecule is CCC(CCOC)NCCC1=COC2(CCC(C(C)(C)C)CC2)O1. The van der Waals surface area contributed by atoms with E-state index in [1.165, 1.54) is 12.8 Å². The van der Waals surface area contributed by atoms with E-state index in [9.17, 15) is 0 Å². The molecule has 4 heteroatoms. The normalized spacial score (nSPS) is 28.4. The summed E-state index contributed by atoms with van der Waals surface area (Å²) in [6.07, 6.45) is 9.33. The lowest BCUT2D eigenvalue weighted by atomic mass is 9.71. The zero-order chi connectivity index (χ0) is 17.6. The minimum Gasteiger partial charge on any atom is -0.456 e. The second-order valence-electron chi connectivity index (χ2n) is 8.45. The van der Waals surface area contributed by atoms with E-state index >= 15 is 0 Å². The fraction of sp³-hybridized carbons (Fsp3) is 0.900. The monoisotopic (exact) mass is 339 g/mol. The number of ether oxygens (including phenoxy) is 3. The molecule has 1 N–H and O–H groups in total. The number of nitrogens with one attached hydrogen (secondary N) is 1. The van der Waals surface area contributed by atoms with E-state index in [-0.39, 0.29) is 5.79 Å². The van der Waals surface area contributed by atoms with Crippen molar-refractivity contribution in [1.29, 1.82) is 0 Å². The van der Waals surface area contributed by atoms with Crippen molar-refractivity contribution in [2.45, 2.75) is 84.5 Å². The Balaban J connectivity index is 1.70. The van der Waals surface area contributed by atoms with Crippen LogP contribution in [-0.4, -0.2) is 32.1 Å². The molecular weight excluding hydrogens is 302 g/mol. The molecule has 0 radical (unpaired) electrons. The molecule has 1 aliphatic carbocycles. The molecule has 1 unspecified atom stereocenters. The van der Waals surface area contributed by atoms with Crippen LogP contribution in [0.25, 0.3) is 0 Å². The molecule has 2 rings (SSSR count). The van der Waals surface area contributed by atoms with Gasteiger partial charge >= 0.3 is 0 Å². The lowest BCUT2D eigenvalue weighted by Gasteiger charge is -2.40. The fourth-order valence-electron chi connectivity index (χ4n) is 3.82. The van der Waals surface area contributed by atoms with Crippen molar-refractivity contribution in [3.63, 3.8) is 0 Å². The van der Waals surface area contributed by atoms with Crippen LogP contribution >= 0.6 is 0 Å². The van der Waals surface area contributed by atoms with E-state index in [1.807, 2.05) is 6.26 Å². The van der Waals surface area contributed by atoms with Crippen molar-refractivity contribution >= 4 is 0 Å². The van der Waals surface area contributed by atoms with Crippen molar-refractivity contribution in [2.24, 2.45) is 11.3 Å². The topological polar surface area (TPSA) is 39.7 Å². The molecule has 1 fully saturated rings. The highest BCUT2D eigenvalue weighted by Crippen LogP contribution is 2.46. The molecule has 0 aromatic carbocycles. The molecule has 4 nitrogen and oxygen atoms in total. The molecule has 0 bridgehead atoms. The summed E-state index contributed by atoms with van der Waals surface area (Å²) in [7, 11) is 1.76. The summed E-state index contributed by atoms with van der Waals surface area (Å²) in [5.41, 5.74) is 0.387. The van der Waals surface area contributed by atoms with E-state index in [4.69, 9.17) is 14.2 Å². The third kappa shape index (κ3) is 5.38. The lowest BCUT2D eigenvalue weighted by molar-refractivity contribution is -0.180. The summed E-state index contributed by atoms with van der Waals surface area (Å²) in [6.45, 7) is 11.0. The van der Waals surface area contributed by atoms with E-state index in [2.05, 4.69) is 33.0 Å². The average molecular weight is 340 g/mol. The third-order valence-electron chi connectivity index (χ3n) is 5.66. The number of hydrogen-bond acceptors (Lipinski definition) is 4. The lowest BCUT2D eigenvalue weighted by Crippen LogP contribution is -2.38. The van der Waals surface area contributed by atoms with Crippen LogP contribution in [0, 0.1) is 11.3 Å². The molecule has 1 heterocycles. The summed E-state index contributed by atoms with van der Waals surface area (Å²) in [5.74, 6) is 1.41. The van der Waals surface area contributed by atoms with Gasteiger partial charge in [0, 0.05) is 45.6 Å². The molecule has 24 heavy (non-hydrogen) atoms. The summed E-state index contributed by atoms with van der Waals surface area (Å²) >= 11 is 0. The van der Waals surface area contributed by atoms with Crippen LogP contribution in [0.15, 0.2) is 12.0 Å². The quantitative estimate of drug-likeness (QED) is 0.701. The van der Waals surface area contributed by atoms with Crippen molar-refractivity contribution in [3.8, 4) is 0 Å². The Bertz CT molecular complexity index is 406. The van der Waals surface area contributed by atoms with E-state index < -0.39 is 0 Å². The maximum atomic E-state index is 6.22. The Labute approximate surface area is 148 Å². The molecule has 2 aliphatic rings. The van der Waals surface area contributed by atoms with Crippen LogP contribution in [0.2, 0.25) is 0 Å². The van der Waals surface area contributed by atoms with Crippen molar-refractivity contribution in [3.05, 3.63) is 12.0 Å². The Hall–Kier alpha value is -0.740. The highest BCUT2D eigenvalue weighted by Gasteiger charge is 2.44. The Morgan fingerprint density at radius 2 is 2.04 bits per heavy atom. The van der Waals surface area contributed by atoms with Gasteiger partial charge in [-0.1, -0.05) is 27.7 Å². The number of rotatable bonds is 8. The van der Waals surface area contributed by atoms with Crippen molar-refractivity contribution in [2.75, 3.05) is 20.3 Å². The second kappa shape index (κ2) is 8.57. The van der Waals surface area contributed by atoms with Crippen LogP contribution in [0.5, 0.6) is 0 Å². The van der Waals surface area contributed by atoms with E-state index in [0.717, 1.165) is 56.9 Å². The first-order valence-electron chi connectivity index (χ1n) is 9.67. The number of hydrogen-bond donors (Lipinski definition) is 1. The largest absolute Gasteiger partial charge is 0.456 e. The van der Waals surface area contributed by atoms with Crippen LogP contribution in [-0.2, 0) is 14.2 Å². The van der Waals surface area contributed by atoms with E-state index in [0.29, 0.717) is 11.5 Å². The standard InChI is InChI=1S/C20H37NO3/c1-6-17(10-14-22-5)21-13-9-18-15-23-20(24-18)11-7-16(8-12-20)19(2,3)4/h15-17,21H,6-14H2,1-5H3. The van der Waals surface area contributed by atoms with Gasteiger partial charge in [0.05, 0.1) is 0 Å². The highest BCUT2D eigenvalue weighted by molar-refractivity contribution is 5.00. The summed E-state index contributed by atoms with van der Waals surface area (Å²) < 4.78 is 17.4. The molecule has 0 aromatic heterocycles. The minimum atomic E-state index is -0.364. The average Bonchev–Trinajstić information content (AvgIpc) is 2.93. The summed E-state index contributed by atoms with van der Waals surface area (Å²) in [4.78, 5) is 0. The summed E-state index contributed by atoms with van der Waals surface area (Å²) in [6, 6.07) is 0.518. The van der Waals surface area contributed by atoms with Gasteiger partial charge in [0.2, 0.25) is 5.79 Å². The van der Waals surface area contributed by atoms with Gasteiger partial charge in [-0.25, -0.2) is 0 Å². The fourth-order valence-corrected chi connectivity index (χ4v) is 3.82. The van der Waals surface area contributed by atoms with Crippen LogP contribution in [0.1, 0.15) is 72.6 Å². The smallest absolute Gasteiger partial charge is 0.250 e. The molecular formula is C20H37NO3. The molecule has 0 aromatic rings. The molecule has 1 saturated carbocycles. The third-order valence-corrected chi connectivity index (χ3v) is 5.66. The highest BCUT2D eigenvalue weighted by atomic mass is 16.7. The maximum Gasteiger partial charge on any atom is 0.250 e. The Morgan fingerprint density at radius 3 is 2.62 bits per heavy atom. The first-order valence-corrected chi connectivity index (χ1v) is 9.67. The molecule has 0 saturated heterocycles. The first kappa shape index (κ1) is 19.6. The second-order valence-corrected chi connectivity index (χ2v) is 8.45. The van der Waals surface area contributed by atoms with Crippen molar-refractivity contribution in [1.82, 2.24) is 5.32 Å². The van der Waals surface area contributed by atoms with Gasteiger partial charge in [0.25, 0.3) is 0 Å². The first-order chi connectivity index (χ1) is 11.4. The van der Waals surface area contributed by atoms with Gasteiger partial charge in [0.15, 0.2) is 0 Å². The zero-order valence-corrected chi connectivity index (χ0v) is 16.3. The van der Waals surface area contributed by atoms with Gasteiger partial charge in [0.1, 0.15) is 12.0 Å². The van der Waals surface area contributed by atoms with Gasteiger partial charge in [-0.05, 0) is 37.0 Å². The Morgan fingerprint density at radius 1 is 1.33 bits per heavy atom. The van der Waals surface area contributed by atoms with Gasteiger partial charge in [-0.15, -0.1) is 0 Å². The Kier molecular flexibility index (Phi) is 6.99. The van der Waals surface area contributed by atoms with Crippen LogP contribution in [0.4, 0.5) is 0 Å². The molecule has 1 aliphatic heterocycles. The molecule has 140 valence electrons.